The van der Waals surface area contributed by atoms with Crippen LogP contribution in [0.15, 0.2) is 30.3 Å². The van der Waals surface area contributed by atoms with Crippen molar-refractivity contribution in [3.05, 3.63) is 41.7 Å². The van der Waals surface area contributed by atoms with Crippen molar-refractivity contribution in [1.82, 2.24) is 9.97 Å². The molecule has 1 fully saturated rings. The van der Waals surface area contributed by atoms with Gasteiger partial charge in [0.05, 0.1) is 0 Å². The van der Waals surface area contributed by atoms with Crippen LogP contribution in [-0.4, -0.2) is 15.9 Å². The van der Waals surface area contributed by atoms with Crippen molar-refractivity contribution in [3.8, 4) is 0 Å². The van der Waals surface area contributed by atoms with Crippen LogP contribution in [0, 0.1) is 19.8 Å². The summed E-state index contributed by atoms with van der Waals surface area (Å²) >= 11 is 0. The normalized spacial score (nSPS) is 15.0. The van der Waals surface area contributed by atoms with E-state index >= 15 is 0 Å². The third-order valence-corrected chi connectivity index (χ3v) is 4.58. The molecule has 2 N–H and O–H groups in total. The monoisotopic (exact) mass is 338 g/mol. The second kappa shape index (κ2) is 8.10. The highest BCUT2D eigenvalue weighted by Crippen LogP contribution is 2.27. The lowest BCUT2D eigenvalue weighted by Gasteiger charge is -2.20. The quantitative estimate of drug-likeness (QED) is 0.826. The Balaban J connectivity index is 1.61. The number of hydrogen-bond donors (Lipinski definition) is 2. The summed E-state index contributed by atoms with van der Waals surface area (Å²) in [6.07, 6.45) is 6.81. The van der Waals surface area contributed by atoms with E-state index in [4.69, 9.17) is 0 Å². The average molecular weight is 338 g/mol. The van der Waals surface area contributed by atoms with Crippen LogP contribution in [0.25, 0.3) is 0 Å². The summed E-state index contributed by atoms with van der Waals surface area (Å²) in [5, 5.41) is 6.23. The van der Waals surface area contributed by atoms with Gasteiger partial charge in [0, 0.05) is 29.2 Å². The number of nitrogens with one attached hydrogen (secondary N) is 2. The fourth-order valence-electron chi connectivity index (χ4n) is 3.45. The number of amides is 1. The van der Waals surface area contributed by atoms with Crippen LogP contribution in [0.5, 0.6) is 0 Å². The van der Waals surface area contributed by atoms with Crippen LogP contribution in [-0.2, 0) is 4.79 Å². The molecule has 0 unspecified atom stereocenters. The number of carbonyl (C=O) groups excluding carboxylic acids is 1. The number of nitrogens with zero attached hydrogens (tertiary/aromatic N) is 2. The van der Waals surface area contributed by atoms with E-state index in [0.717, 1.165) is 22.8 Å². The Hall–Kier alpha value is -2.43. The second-order valence-electron chi connectivity index (χ2n) is 6.94. The molecule has 1 heterocycles. The molecule has 1 amide bonds. The summed E-state index contributed by atoms with van der Waals surface area (Å²) in [6.45, 7) is 3.89. The first-order valence-corrected chi connectivity index (χ1v) is 9.08. The average Bonchev–Trinajstić information content (AvgIpc) is 2.55. The van der Waals surface area contributed by atoms with Gasteiger partial charge in [0.1, 0.15) is 0 Å². The zero-order valence-corrected chi connectivity index (χ0v) is 15.0. The largest absolute Gasteiger partial charge is 0.326 e. The molecule has 2 aromatic rings. The van der Waals surface area contributed by atoms with Gasteiger partial charge >= 0.3 is 0 Å². The summed E-state index contributed by atoms with van der Waals surface area (Å²) < 4.78 is 0. The van der Waals surface area contributed by atoms with Crippen LogP contribution in [0.1, 0.15) is 49.9 Å². The summed E-state index contributed by atoms with van der Waals surface area (Å²) in [5.41, 5.74) is 3.51. The molecule has 25 heavy (non-hydrogen) atoms. The summed E-state index contributed by atoms with van der Waals surface area (Å²) in [7, 11) is 0. The molecule has 5 heteroatoms. The summed E-state index contributed by atoms with van der Waals surface area (Å²) in [5.74, 6) is 1.22. The number of carbonyl (C=O) groups is 1. The van der Waals surface area contributed by atoms with E-state index < -0.39 is 0 Å². The number of benzene rings is 1. The van der Waals surface area contributed by atoms with Gasteiger partial charge in [-0.2, -0.15) is 0 Å². The highest BCUT2D eigenvalue weighted by atomic mass is 16.1. The number of aromatic nitrogens is 2. The molecule has 0 bridgehead atoms. The van der Waals surface area contributed by atoms with Crippen LogP contribution >= 0.6 is 0 Å². The lowest BCUT2D eigenvalue weighted by molar-refractivity contribution is -0.117. The molecule has 1 aliphatic rings. The maximum absolute atomic E-state index is 12.3. The standard InChI is InChI=1S/C20H26N4O/c1-14-11-15(2)22-20(21-14)24-18-10-6-9-17(13-18)23-19(25)12-16-7-4-3-5-8-16/h6,9-11,13,16H,3-5,7-8,12H2,1-2H3,(H,23,25)(H,21,22,24). The van der Waals surface area contributed by atoms with Crippen LogP contribution < -0.4 is 10.6 Å². The minimum absolute atomic E-state index is 0.103. The third-order valence-electron chi connectivity index (χ3n) is 4.58. The molecule has 1 aromatic heterocycles. The lowest BCUT2D eigenvalue weighted by Crippen LogP contribution is -2.18. The van der Waals surface area contributed by atoms with Gasteiger partial charge in [-0.15, -0.1) is 0 Å². The van der Waals surface area contributed by atoms with Gasteiger partial charge in [-0.1, -0.05) is 25.3 Å². The van der Waals surface area contributed by atoms with Crippen molar-refractivity contribution in [1.29, 1.82) is 0 Å². The molecule has 0 spiro atoms. The van der Waals surface area contributed by atoms with E-state index in [0.29, 0.717) is 18.3 Å². The topological polar surface area (TPSA) is 66.9 Å². The molecule has 0 atom stereocenters. The lowest BCUT2D eigenvalue weighted by atomic mass is 9.87. The molecular weight excluding hydrogens is 312 g/mol. The smallest absolute Gasteiger partial charge is 0.227 e. The van der Waals surface area contributed by atoms with E-state index in [1.807, 2.05) is 44.2 Å². The SMILES string of the molecule is Cc1cc(C)nc(Nc2cccc(NC(=O)CC3CCCCC3)c2)n1. The highest BCUT2D eigenvalue weighted by molar-refractivity contribution is 5.91. The van der Waals surface area contributed by atoms with Gasteiger partial charge in [0.25, 0.3) is 0 Å². The van der Waals surface area contributed by atoms with Crippen molar-refractivity contribution in [3.63, 3.8) is 0 Å². The first-order valence-electron chi connectivity index (χ1n) is 9.08. The first-order chi connectivity index (χ1) is 12.1. The molecule has 0 saturated heterocycles. The molecule has 3 rings (SSSR count). The van der Waals surface area contributed by atoms with E-state index in [2.05, 4.69) is 20.6 Å². The predicted molar refractivity (Wildman–Crippen MR) is 101 cm³/mol. The van der Waals surface area contributed by atoms with Crippen molar-refractivity contribution >= 4 is 23.2 Å². The maximum Gasteiger partial charge on any atom is 0.227 e. The van der Waals surface area contributed by atoms with Crippen molar-refractivity contribution in [2.75, 3.05) is 10.6 Å². The molecule has 1 aromatic carbocycles. The first kappa shape index (κ1) is 17.4. The Morgan fingerprint density at radius 2 is 1.72 bits per heavy atom. The molecule has 1 aliphatic carbocycles. The maximum atomic E-state index is 12.3. The third kappa shape index (κ3) is 5.28. The minimum Gasteiger partial charge on any atom is -0.326 e. The molecule has 5 nitrogen and oxygen atoms in total. The molecule has 1 saturated carbocycles. The van der Waals surface area contributed by atoms with Crippen molar-refractivity contribution in [2.24, 2.45) is 5.92 Å². The van der Waals surface area contributed by atoms with E-state index in [1.54, 1.807) is 0 Å². The number of aryl methyl sites for hydroxylation is 2. The van der Waals surface area contributed by atoms with Crippen molar-refractivity contribution in [2.45, 2.75) is 52.4 Å². The Morgan fingerprint density at radius 3 is 2.44 bits per heavy atom. The highest BCUT2D eigenvalue weighted by Gasteiger charge is 2.17. The Labute approximate surface area is 149 Å². The molecular formula is C20H26N4O. The van der Waals surface area contributed by atoms with Gasteiger partial charge in [-0.05, 0) is 56.9 Å². The van der Waals surface area contributed by atoms with Crippen molar-refractivity contribution < 1.29 is 4.79 Å². The van der Waals surface area contributed by atoms with Gasteiger partial charge in [0.15, 0.2) is 0 Å². The van der Waals surface area contributed by atoms with Crippen LogP contribution in [0.3, 0.4) is 0 Å². The summed E-state index contributed by atoms with van der Waals surface area (Å²) in [6, 6.07) is 9.62. The fourth-order valence-corrected chi connectivity index (χ4v) is 3.45. The molecule has 132 valence electrons. The Morgan fingerprint density at radius 1 is 1.04 bits per heavy atom. The van der Waals surface area contributed by atoms with Gasteiger partial charge in [-0.3, -0.25) is 4.79 Å². The number of anilines is 3. The number of rotatable bonds is 5. The van der Waals surface area contributed by atoms with Gasteiger partial charge < -0.3 is 10.6 Å². The second-order valence-corrected chi connectivity index (χ2v) is 6.94. The fraction of sp³-hybridized carbons (Fsp3) is 0.450. The molecule has 0 aliphatic heterocycles. The molecule has 0 radical (unpaired) electrons. The van der Waals surface area contributed by atoms with Gasteiger partial charge in [-0.25, -0.2) is 9.97 Å². The zero-order chi connectivity index (χ0) is 17.6. The van der Waals surface area contributed by atoms with Crippen LogP contribution in [0.2, 0.25) is 0 Å². The number of hydrogen-bond acceptors (Lipinski definition) is 4. The van der Waals surface area contributed by atoms with E-state index in [9.17, 15) is 4.79 Å². The predicted octanol–water partition coefficient (Wildman–Crippen LogP) is 4.75. The van der Waals surface area contributed by atoms with E-state index in [1.165, 1.54) is 32.1 Å². The Bertz CT molecular complexity index is 718. The minimum atomic E-state index is 0.103. The summed E-state index contributed by atoms with van der Waals surface area (Å²) in [4.78, 5) is 21.1. The van der Waals surface area contributed by atoms with Crippen LogP contribution in [0.4, 0.5) is 17.3 Å². The Kier molecular flexibility index (Phi) is 5.64. The van der Waals surface area contributed by atoms with Gasteiger partial charge in [0.2, 0.25) is 11.9 Å². The zero-order valence-electron chi connectivity index (χ0n) is 15.0. The van der Waals surface area contributed by atoms with E-state index in [-0.39, 0.29) is 5.91 Å².